The number of halogens is 2. The van der Waals surface area contributed by atoms with Crippen molar-refractivity contribution in [3.63, 3.8) is 0 Å². The topological polar surface area (TPSA) is 163 Å². The lowest BCUT2D eigenvalue weighted by Gasteiger charge is -2.16. The van der Waals surface area contributed by atoms with Crippen LogP contribution in [0.4, 0.5) is 25.0 Å². The number of nitrogens with two attached hydrogens (primary N) is 1. The Morgan fingerprint density at radius 1 is 0.951 bits per heavy atom. The summed E-state index contributed by atoms with van der Waals surface area (Å²) in [4.78, 5) is 29.8. The van der Waals surface area contributed by atoms with Crippen molar-refractivity contribution < 1.29 is 42.5 Å². The average molecular weight is 575 g/mol. The van der Waals surface area contributed by atoms with Gasteiger partial charge in [0, 0.05) is 24.0 Å². The molecule has 2 aromatic carbocycles. The number of rotatable bonds is 14. The zero-order chi connectivity index (χ0) is 29.4. The highest BCUT2D eigenvalue weighted by atomic mass is 19.1. The first-order chi connectivity index (χ1) is 19.8. The molecule has 0 saturated heterocycles. The number of carbonyl (C=O) groups is 2. The van der Waals surface area contributed by atoms with E-state index in [-0.39, 0.29) is 75.4 Å². The molecular formula is C26H28F2N6O7. The molecule has 1 aromatic heterocycles. The van der Waals surface area contributed by atoms with Gasteiger partial charge in [0.2, 0.25) is 5.88 Å². The van der Waals surface area contributed by atoms with Gasteiger partial charge in [0.15, 0.2) is 11.4 Å². The van der Waals surface area contributed by atoms with Crippen LogP contribution in [0.5, 0.6) is 5.88 Å². The minimum atomic E-state index is -1.05. The van der Waals surface area contributed by atoms with E-state index in [4.69, 9.17) is 24.8 Å². The molecule has 0 spiro atoms. The second-order valence-corrected chi connectivity index (χ2v) is 8.60. The van der Waals surface area contributed by atoms with Gasteiger partial charge in [-0.25, -0.2) is 13.6 Å². The number of carbonyl (C=O) groups excluding carboxylic acids is 2. The number of nitrogens with zero attached hydrogens (tertiary/aromatic N) is 5. The molecule has 0 bridgehead atoms. The summed E-state index contributed by atoms with van der Waals surface area (Å²) in [6.07, 6.45) is 0. The van der Waals surface area contributed by atoms with E-state index in [1.165, 1.54) is 53.0 Å². The number of oxime groups is 1. The summed E-state index contributed by atoms with van der Waals surface area (Å²) in [6.45, 7) is 1.99. The number of hydrogen-bond acceptors (Lipinski definition) is 9. The standard InChI is InChI=1S/C26H28F2N6O7/c1-38-32-23-19-15-17(28)3-5-21(19)34(25(23)36)7-9-40-11-13-41-12-10-39-8-6-33-20-4-2-16(27)14-18(20)22(24(33)35)30-31-26(29)37/h2-5,14-15,35H,6-13H2,1H3,(H2,29,37)/b31-30?,32-23+. The third-order valence-electron chi connectivity index (χ3n) is 6.02. The third kappa shape index (κ3) is 7.00. The number of aromatic nitrogens is 1. The number of fused-ring (bicyclic) bond motifs is 2. The van der Waals surface area contributed by atoms with Crippen molar-refractivity contribution in [1.82, 2.24) is 4.57 Å². The molecule has 3 N–H and O–H groups in total. The third-order valence-corrected chi connectivity index (χ3v) is 6.02. The number of primary amides is 1. The fourth-order valence-electron chi connectivity index (χ4n) is 4.26. The van der Waals surface area contributed by atoms with Gasteiger partial charge in [0.1, 0.15) is 18.7 Å². The summed E-state index contributed by atoms with van der Waals surface area (Å²) in [5, 5.41) is 21.4. The van der Waals surface area contributed by atoms with E-state index < -0.39 is 23.6 Å². The van der Waals surface area contributed by atoms with Gasteiger partial charge in [-0.15, -0.1) is 5.11 Å². The second kappa shape index (κ2) is 13.7. The molecule has 0 radical (unpaired) electrons. The van der Waals surface area contributed by atoms with Crippen molar-refractivity contribution in [3.05, 3.63) is 53.6 Å². The summed E-state index contributed by atoms with van der Waals surface area (Å²) in [7, 11) is 1.31. The van der Waals surface area contributed by atoms with E-state index in [0.29, 0.717) is 16.8 Å². The number of amides is 3. The Kier molecular flexibility index (Phi) is 9.89. The van der Waals surface area contributed by atoms with Crippen LogP contribution >= 0.6 is 0 Å². The van der Waals surface area contributed by atoms with E-state index in [1.54, 1.807) is 0 Å². The highest BCUT2D eigenvalue weighted by Crippen LogP contribution is 2.39. The maximum absolute atomic E-state index is 13.7. The van der Waals surface area contributed by atoms with Gasteiger partial charge in [-0.1, -0.05) is 10.3 Å². The molecule has 0 saturated carbocycles. The number of aromatic hydroxyl groups is 1. The summed E-state index contributed by atoms with van der Waals surface area (Å²) in [5.74, 6) is -1.73. The number of azo groups is 1. The molecule has 3 aromatic rings. The highest BCUT2D eigenvalue weighted by molar-refractivity contribution is 6.54. The number of ether oxygens (including phenoxy) is 3. The van der Waals surface area contributed by atoms with Gasteiger partial charge >= 0.3 is 6.03 Å². The van der Waals surface area contributed by atoms with Crippen LogP contribution in [0.1, 0.15) is 5.56 Å². The van der Waals surface area contributed by atoms with Gasteiger partial charge in [-0.2, -0.15) is 0 Å². The fraction of sp³-hybridized carbons (Fsp3) is 0.346. The smallest absolute Gasteiger partial charge is 0.356 e. The van der Waals surface area contributed by atoms with Crippen LogP contribution in [-0.4, -0.2) is 80.6 Å². The van der Waals surface area contributed by atoms with Crippen LogP contribution in [0.25, 0.3) is 10.9 Å². The first kappa shape index (κ1) is 29.5. The molecule has 0 aliphatic carbocycles. The van der Waals surface area contributed by atoms with E-state index in [0.717, 1.165) is 0 Å². The van der Waals surface area contributed by atoms with Crippen molar-refractivity contribution in [3.8, 4) is 5.88 Å². The predicted octanol–water partition coefficient (Wildman–Crippen LogP) is 3.23. The van der Waals surface area contributed by atoms with E-state index in [1.807, 2.05) is 0 Å². The Hall–Kier alpha value is -4.47. The maximum Gasteiger partial charge on any atom is 0.356 e. The van der Waals surface area contributed by atoms with Crippen LogP contribution in [0.2, 0.25) is 0 Å². The predicted molar refractivity (Wildman–Crippen MR) is 142 cm³/mol. The van der Waals surface area contributed by atoms with Crippen LogP contribution in [0.15, 0.2) is 51.8 Å². The Balaban J connectivity index is 1.15. The molecular weight excluding hydrogens is 546 g/mol. The normalized spacial score (nSPS) is 14.1. The number of hydrogen-bond donors (Lipinski definition) is 2. The number of urea groups is 1. The van der Waals surface area contributed by atoms with Crippen LogP contribution in [0, 0.1) is 11.6 Å². The summed E-state index contributed by atoms with van der Waals surface area (Å²) < 4.78 is 45.4. The molecule has 0 unspecified atom stereocenters. The minimum absolute atomic E-state index is 0.0356. The van der Waals surface area contributed by atoms with E-state index >= 15 is 0 Å². The zero-order valence-corrected chi connectivity index (χ0v) is 22.1. The van der Waals surface area contributed by atoms with Crippen LogP contribution in [0.3, 0.4) is 0 Å². The molecule has 4 rings (SSSR count). The Bertz CT molecular complexity index is 1480. The van der Waals surface area contributed by atoms with Gasteiger partial charge < -0.3 is 39.4 Å². The summed E-state index contributed by atoms with van der Waals surface area (Å²) in [6, 6.07) is 6.85. The Morgan fingerprint density at radius 3 is 2.27 bits per heavy atom. The van der Waals surface area contributed by atoms with E-state index in [2.05, 4.69) is 15.4 Å². The fourth-order valence-corrected chi connectivity index (χ4v) is 4.26. The van der Waals surface area contributed by atoms with Gasteiger partial charge in [0.25, 0.3) is 5.91 Å². The lowest BCUT2D eigenvalue weighted by atomic mass is 10.1. The lowest BCUT2D eigenvalue weighted by Crippen LogP contribution is -2.33. The van der Waals surface area contributed by atoms with Crippen molar-refractivity contribution in [2.45, 2.75) is 6.54 Å². The van der Waals surface area contributed by atoms with E-state index in [9.17, 15) is 23.5 Å². The zero-order valence-electron chi connectivity index (χ0n) is 22.1. The summed E-state index contributed by atoms with van der Waals surface area (Å²) >= 11 is 0. The quantitative estimate of drug-likeness (QED) is 0.170. The minimum Gasteiger partial charge on any atom is -0.493 e. The molecule has 218 valence electrons. The summed E-state index contributed by atoms with van der Waals surface area (Å²) in [5.41, 5.74) is 6.31. The molecule has 1 aliphatic heterocycles. The lowest BCUT2D eigenvalue weighted by molar-refractivity contribution is -0.112. The number of benzene rings is 2. The Morgan fingerprint density at radius 2 is 1.59 bits per heavy atom. The monoisotopic (exact) mass is 574 g/mol. The number of anilines is 1. The molecule has 15 heteroatoms. The molecule has 0 atom stereocenters. The van der Waals surface area contributed by atoms with Crippen LogP contribution in [-0.2, 0) is 30.4 Å². The first-order valence-corrected chi connectivity index (χ1v) is 12.5. The largest absolute Gasteiger partial charge is 0.493 e. The van der Waals surface area contributed by atoms with Crippen molar-refractivity contribution in [1.29, 1.82) is 0 Å². The molecule has 1 aliphatic rings. The maximum atomic E-state index is 13.7. The molecule has 3 amide bonds. The highest BCUT2D eigenvalue weighted by Gasteiger charge is 2.34. The Labute approximate surface area is 232 Å². The molecule has 41 heavy (non-hydrogen) atoms. The second-order valence-electron chi connectivity index (χ2n) is 8.60. The molecule has 13 nitrogen and oxygen atoms in total. The molecule has 0 fully saturated rings. The first-order valence-electron chi connectivity index (χ1n) is 12.5. The van der Waals surface area contributed by atoms with Crippen molar-refractivity contribution in [2.24, 2.45) is 21.1 Å². The van der Waals surface area contributed by atoms with Crippen LogP contribution < -0.4 is 10.6 Å². The average Bonchev–Trinajstić information content (AvgIpc) is 3.34. The molecule has 2 heterocycles. The van der Waals surface area contributed by atoms with Gasteiger partial charge in [-0.3, -0.25) is 4.79 Å². The van der Waals surface area contributed by atoms with Crippen molar-refractivity contribution in [2.75, 3.05) is 58.2 Å². The SMILES string of the molecule is CO/N=C1/C(=O)N(CCOCCOCCOCCn2c(O)c(N=NC(N)=O)c3cc(F)ccc32)c2ccc(F)cc21. The van der Waals surface area contributed by atoms with Gasteiger partial charge in [-0.05, 0) is 36.4 Å². The van der Waals surface area contributed by atoms with Crippen molar-refractivity contribution >= 4 is 39.9 Å². The van der Waals surface area contributed by atoms with Gasteiger partial charge in [0.05, 0.1) is 50.8 Å².